The molecule has 5 nitrogen and oxygen atoms in total. The van der Waals surface area contributed by atoms with Crippen molar-refractivity contribution in [3.63, 3.8) is 0 Å². The number of benzene rings is 1. The number of hydrogen-bond donors (Lipinski definition) is 0. The molecule has 1 aromatic carbocycles. The molecule has 0 radical (unpaired) electrons. The molecule has 4 rings (SSSR count). The van der Waals surface area contributed by atoms with Gasteiger partial charge in [-0.05, 0) is 29.8 Å². The summed E-state index contributed by atoms with van der Waals surface area (Å²) in [5.41, 5.74) is 3.69. The lowest BCUT2D eigenvalue weighted by molar-refractivity contribution is 0.0748. The molecule has 1 aliphatic heterocycles. The molecule has 0 saturated carbocycles. The number of fused-ring (bicyclic) bond motifs is 1. The van der Waals surface area contributed by atoms with Crippen LogP contribution in [0.5, 0.6) is 0 Å². The van der Waals surface area contributed by atoms with Gasteiger partial charge in [-0.3, -0.25) is 14.5 Å². The highest BCUT2D eigenvalue weighted by molar-refractivity contribution is 5.94. The van der Waals surface area contributed by atoms with Crippen LogP contribution in [0.1, 0.15) is 27.2 Å². The number of carbonyl (C=O) groups is 1. The summed E-state index contributed by atoms with van der Waals surface area (Å²) >= 11 is 0. The first-order chi connectivity index (χ1) is 11.7. The van der Waals surface area contributed by atoms with Gasteiger partial charge in [0.05, 0.1) is 25.0 Å². The summed E-state index contributed by atoms with van der Waals surface area (Å²) in [6.45, 7) is 1.64. The van der Waals surface area contributed by atoms with Crippen molar-refractivity contribution >= 4 is 5.91 Å². The zero-order chi connectivity index (χ0) is 16.5. The highest BCUT2D eigenvalue weighted by Gasteiger charge is 2.27. The van der Waals surface area contributed by atoms with Crippen molar-refractivity contribution in [2.75, 3.05) is 0 Å². The molecule has 0 aliphatic carbocycles. The zero-order valence-electron chi connectivity index (χ0n) is 12.9. The molecule has 0 spiro atoms. The number of pyridine rings is 1. The fourth-order valence-electron chi connectivity index (χ4n) is 2.93. The Balaban J connectivity index is 1.52. The highest BCUT2D eigenvalue weighted by Crippen LogP contribution is 2.24. The second kappa shape index (κ2) is 5.88. The minimum atomic E-state index is -0.251. The molecule has 24 heavy (non-hydrogen) atoms. The van der Waals surface area contributed by atoms with Gasteiger partial charge in [-0.25, -0.2) is 4.39 Å². The molecule has 0 saturated heterocycles. The summed E-state index contributed by atoms with van der Waals surface area (Å²) in [6.07, 6.45) is 5.04. The number of halogens is 1. The minimum absolute atomic E-state index is 0.0121. The summed E-state index contributed by atoms with van der Waals surface area (Å²) in [5.74, 6) is -0.263. The Bertz CT molecular complexity index is 874. The van der Waals surface area contributed by atoms with E-state index in [0.29, 0.717) is 25.2 Å². The average molecular weight is 322 g/mol. The fourth-order valence-corrected chi connectivity index (χ4v) is 2.93. The monoisotopic (exact) mass is 322 g/mol. The molecular weight excluding hydrogens is 307 g/mol. The van der Waals surface area contributed by atoms with E-state index in [4.69, 9.17) is 0 Å². The van der Waals surface area contributed by atoms with Crippen LogP contribution in [-0.2, 0) is 19.6 Å². The van der Waals surface area contributed by atoms with Crippen LogP contribution in [0.15, 0.2) is 55.0 Å². The van der Waals surface area contributed by atoms with Crippen LogP contribution in [0.4, 0.5) is 4.39 Å². The van der Waals surface area contributed by atoms with Gasteiger partial charge in [0.1, 0.15) is 5.82 Å². The lowest BCUT2D eigenvalue weighted by Crippen LogP contribution is -2.26. The summed E-state index contributed by atoms with van der Waals surface area (Å²) in [6, 6.07) is 9.82. The van der Waals surface area contributed by atoms with Gasteiger partial charge in [0.15, 0.2) is 0 Å². The van der Waals surface area contributed by atoms with Crippen LogP contribution in [0.25, 0.3) is 0 Å². The van der Waals surface area contributed by atoms with E-state index in [1.54, 1.807) is 47.8 Å². The predicted octanol–water partition coefficient (Wildman–Crippen LogP) is 2.62. The fraction of sp³-hybridized carbons (Fsp3) is 0.167. The van der Waals surface area contributed by atoms with Gasteiger partial charge in [-0.15, -0.1) is 0 Å². The third-order valence-corrected chi connectivity index (χ3v) is 4.20. The first-order valence-electron chi connectivity index (χ1n) is 7.68. The molecule has 3 aromatic rings. The molecule has 3 heterocycles. The van der Waals surface area contributed by atoms with E-state index in [-0.39, 0.29) is 11.7 Å². The van der Waals surface area contributed by atoms with Gasteiger partial charge in [0.2, 0.25) is 0 Å². The Labute approximate surface area is 138 Å². The van der Waals surface area contributed by atoms with E-state index in [1.165, 1.54) is 12.1 Å². The van der Waals surface area contributed by atoms with E-state index >= 15 is 0 Å². The van der Waals surface area contributed by atoms with E-state index in [2.05, 4.69) is 10.1 Å². The zero-order valence-corrected chi connectivity index (χ0v) is 12.9. The summed E-state index contributed by atoms with van der Waals surface area (Å²) in [7, 11) is 0. The molecule has 0 unspecified atom stereocenters. The van der Waals surface area contributed by atoms with Crippen molar-refractivity contribution in [1.29, 1.82) is 0 Å². The van der Waals surface area contributed by atoms with Crippen molar-refractivity contribution in [3.05, 3.63) is 83.2 Å². The first kappa shape index (κ1) is 14.6. The number of hydrogen-bond acceptors (Lipinski definition) is 3. The normalized spacial score (nSPS) is 13.1. The maximum absolute atomic E-state index is 13.0. The van der Waals surface area contributed by atoms with E-state index in [9.17, 15) is 9.18 Å². The Morgan fingerprint density at radius 1 is 1.08 bits per heavy atom. The third kappa shape index (κ3) is 2.67. The largest absolute Gasteiger partial charge is 0.328 e. The van der Waals surface area contributed by atoms with Crippen LogP contribution in [0.3, 0.4) is 0 Å². The molecule has 120 valence electrons. The minimum Gasteiger partial charge on any atom is -0.328 e. The molecular formula is C18H15FN4O. The summed E-state index contributed by atoms with van der Waals surface area (Å²) < 4.78 is 14.9. The Kier molecular flexibility index (Phi) is 3.57. The average Bonchev–Trinajstić information content (AvgIpc) is 3.19. The van der Waals surface area contributed by atoms with Crippen molar-refractivity contribution in [1.82, 2.24) is 19.7 Å². The predicted molar refractivity (Wildman–Crippen MR) is 85.5 cm³/mol. The van der Waals surface area contributed by atoms with Crippen molar-refractivity contribution in [3.8, 4) is 0 Å². The summed E-state index contributed by atoms with van der Waals surface area (Å²) in [5, 5.41) is 4.40. The van der Waals surface area contributed by atoms with E-state index in [1.807, 2.05) is 4.68 Å². The van der Waals surface area contributed by atoms with Crippen LogP contribution in [-0.4, -0.2) is 25.6 Å². The van der Waals surface area contributed by atoms with Crippen molar-refractivity contribution in [2.45, 2.75) is 19.6 Å². The molecule has 1 amide bonds. The standard InChI is InChI=1S/C18H15FN4O/c19-16-3-1-13(2-4-16)10-23-17-12-22(11-15(17)9-21-23)18(24)14-5-7-20-8-6-14/h1-9H,10-12H2. The number of nitrogens with zero attached hydrogens (tertiary/aromatic N) is 4. The quantitative estimate of drug-likeness (QED) is 0.745. The van der Waals surface area contributed by atoms with Gasteiger partial charge < -0.3 is 4.90 Å². The van der Waals surface area contributed by atoms with Gasteiger partial charge >= 0.3 is 0 Å². The van der Waals surface area contributed by atoms with Gasteiger partial charge in [0.25, 0.3) is 5.91 Å². The lowest BCUT2D eigenvalue weighted by Gasteiger charge is -2.16. The van der Waals surface area contributed by atoms with E-state index < -0.39 is 0 Å². The van der Waals surface area contributed by atoms with Gasteiger partial charge in [-0.2, -0.15) is 5.10 Å². The van der Waals surface area contributed by atoms with Gasteiger partial charge in [0, 0.05) is 30.1 Å². The third-order valence-electron chi connectivity index (χ3n) is 4.20. The van der Waals surface area contributed by atoms with Crippen LogP contribution in [0.2, 0.25) is 0 Å². The molecule has 0 fully saturated rings. The smallest absolute Gasteiger partial charge is 0.254 e. The number of rotatable bonds is 3. The number of amides is 1. The molecule has 0 bridgehead atoms. The molecule has 2 aromatic heterocycles. The lowest BCUT2D eigenvalue weighted by atomic mass is 10.2. The maximum Gasteiger partial charge on any atom is 0.254 e. The maximum atomic E-state index is 13.0. The molecule has 0 atom stereocenters. The number of aromatic nitrogens is 3. The Morgan fingerprint density at radius 3 is 2.58 bits per heavy atom. The Morgan fingerprint density at radius 2 is 1.83 bits per heavy atom. The van der Waals surface area contributed by atoms with Crippen LogP contribution in [0, 0.1) is 5.82 Å². The summed E-state index contributed by atoms with van der Waals surface area (Å²) in [4.78, 5) is 18.3. The molecule has 0 N–H and O–H groups in total. The number of carbonyl (C=O) groups excluding carboxylic acids is 1. The van der Waals surface area contributed by atoms with Crippen molar-refractivity contribution in [2.24, 2.45) is 0 Å². The Hall–Kier alpha value is -3.02. The second-order valence-corrected chi connectivity index (χ2v) is 5.80. The first-order valence-corrected chi connectivity index (χ1v) is 7.68. The molecule has 1 aliphatic rings. The second-order valence-electron chi connectivity index (χ2n) is 5.80. The van der Waals surface area contributed by atoms with E-state index in [0.717, 1.165) is 16.8 Å². The topological polar surface area (TPSA) is 51.0 Å². The van der Waals surface area contributed by atoms with Crippen LogP contribution >= 0.6 is 0 Å². The molecule has 6 heteroatoms. The van der Waals surface area contributed by atoms with Gasteiger partial charge in [-0.1, -0.05) is 12.1 Å². The highest BCUT2D eigenvalue weighted by atomic mass is 19.1. The van der Waals surface area contributed by atoms with Crippen molar-refractivity contribution < 1.29 is 9.18 Å². The SMILES string of the molecule is O=C(c1ccncc1)N1Cc2cnn(Cc3ccc(F)cc3)c2C1. The van der Waals surface area contributed by atoms with Crippen LogP contribution < -0.4 is 0 Å².